The Kier molecular flexibility index (Phi) is 6.98. The molecular weight excluding hydrogens is 677 g/mol. The molecule has 0 spiro atoms. The number of anilines is 3. The summed E-state index contributed by atoms with van der Waals surface area (Å²) in [6, 6.07) is 67.6. The zero-order chi connectivity index (χ0) is 37.8. The first-order valence-electron chi connectivity index (χ1n) is 19.8. The van der Waals surface area contributed by atoms with E-state index in [-0.39, 0.29) is 10.8 Å². The third-order valence-corrected chi connectivity index (χ3v) is 12.8. The first-order valence-corrected chi connectivity index (χ1v) is 19.8. The predicted molar refractivity (Wildman–Crippen MR) is 236 cm³/mol. The number of fused-ring (bicyclic) bond motifs is 9. The van der Waals surface area contributed by atoms with Crippen molar-refractivity contribution in [3.8, 4) is 39.1 Å². The molecule has 0 unspecified atom stereocenters. The second-order valence-electron chi connectivity index (χ2n) is 16.6. The Morgan fingerprint density at radius 2 is 0.875 bits per heavy atom. The fraction of sp³-hybridized carbons (Fsp3) is 0.111. The Labute approximate surface area is 328 Å². The number of hydrogen-bond donors (Lipinski definition) is 0. The number of aromatic nitrogens is 1. The molecule has 0 radical (unpaired) electrons. The molecule has 2 aliphatic rings. The van der Waals surface area contributed by atoms with E-state index in [2.05, 4.69) is 219 Å². The lowest BCUT2D eigenvalue weighted by Crippen LogP contribution is -2.16. The maximum Gasteiger partial charge on any atom is 0.0541 e. The van der Waals surface area contributed by atoms with Crippen molar-refractivity contribution in [2.75, 3.05) is 4.90 Å². The molecule has 0 N–H and O–H groups in total. The van der Waals surface area contributed by atoms with Crippen LogP contribution in [0, 0.1) is 0 Å². The van der Waals surface area contributed by atoms with E-state index >= 15 is 0 Å². The highest BCUT2D eigenvalue weighted by atomic mass is 15.1. The van der Waals surface area contributed by atoms with Crippen molar-refractivity contribution in [3.63, 3.8) is 0 Å². The number of para-hydroxylation sites is 2. The van der Waals surface area contributed by atoms with Crippen LogP contribution >= 0.6 is 0 Å². The molecular formula is C54H42N2. The van der Waals surface area contributed by atoms with E-state index in [0.717, 1.165) is 17.1 Å². The van der Waals surface area contributed by atoms with Crippen LogP contribution in [0.4, 0.5) is 17.1 Å². The average molecular weight is 719 g/mol. The summed E-state index contributed by atoms with van der Waals surface area (Å²) in [4.78, 5) is 2.46. The molecule has 9 aromatic rings. The third-order valence-electron chi connectivity index (χ3n) is 12.8. The highest BCUT2D eigenvalue weighted by Crippen LogP contribution is 2.53. The summed E-state index contributed by atoms with van der Waals surface area (Å²) in [6.45, 7) is 9.41. The monoisotopic (exact) mass is 718 g/mol. The minimum absolute atomic E-state index is 0.0552. The van der Waals surface area contributed by atoms with E-state index < -0.39 is 0 Å². The topological polar surface area (TPSA) is 8.17 Å². The van der Waals surface area contributed by atoms with Crippen LogP contribution in [0.1, 0.15) is 49.9 Å². The van der Waals surface area contributed by atoms with E-state index in [1.165, 1.54) is 83.1 Å². The minimum Gasteiger partial charge on any atom is -0.310 e. The number of rotatable bonds is 5. The van der Waals surface area contributed by atoms with Gasteiger partial charge in [0.15, 0.2) is 0 Å². The standard InChI is InChI=1S/C54H42N2/c1-53(2)47-22-11-8-19-41(47)44-33-39(26-28-49(44)53)55(40-27-29-50-45(34-40)42-20-9-12-23-48(42)54(50,3)4)38-18-14-15-35(31-38)36-25-30-52-46(32-36)43-21-10-13-24-51(43)56(52)37-16-6-5-7-17-37/h5-34H,1-4H3. The molecule has 2 aliphatic carbocycles. The molecule has 0 saturated heterocycles. The van der Waals surface area contributed by atoms with E-state index in [1.54, 1.807) is 0 Å². The van der Waals surface area contributed by atoms with E-state index in [9.17, 15) is 0 Å². The molecule has 0 aliphatic heterocycles. The Morgan fingerprint density at radius 3 is 1.54 bits per heavy atom. The van der Waals surface area contributed by atoms with Crippen LogP contribution < -0.4 is 4.90 Å². The quantitative estimate of drug-likeness (QED) is 0.172. The molecule has 0 atom stereocenters. The fourth-order valence-electron chi connectivity index (χ4n) is 9.97. The molecule has 1 heterocycles. The molecule has 0 saturated carbocycles. The highest BCUT2D eigenvalue weighted by Gasteiger charge is 2.37. The lowest BCUT2D eigenvalue weighted by atomic mass is 9.82. The first kappa shape index (κ1) is 32.8. The number of nitrogens with zero attached hydrogens (tertiary/aromatic N) is 2. The van der Waals surface area contributed by atoms with Crippen LogP contribution in [-0.2, 0) is 10.8 Å². The Balaban J connectivity index is 1.10. The van der Waals surface area contributed by atoms with E-state index in [0.29, 0.717) is 0 Å². The summed E-state index contributed by atoms with van der Waals surface area (Å²) in [7, 11) is 0. The zero-order valence-electron chi connectivity index (χ0n) is 32.2. The van der Waals surface area contributed by atoms with Gasteiger partial charge in [0, 0.05) is 44.4 Å². The van der Waals surface area contributed by atoms with Gasteiger partial charge in [-0.3, -0.25) is 0 Å². The average Bonchev–Trinajstić information content (AvgIpc) is 3.78. The fourth-order valence-corrected chi connectivity index (χ4v) is 9.97. The minimum atomic E-state index is -0.0552. The number of benzene rings is 8. The second kappa shape index (κ2) is 11.9. The van der Waals surface area contributed by atoms with Crippen LogP contribution in [0.3, 0.4) is 0 Å². The molecule has 8 aromatic carbocycles. The molecule has 1 aromatic heterocycles. The van der Waals surface area contributed by atoms with Gasteiger partial charge in [0.05, 0.1) is 11.0 Å². The van der Waals surface area contributed by atoms with Gasteiger partial charge < -0.3 is 9.47 Å². The third kappa shape index (κ3) is 4.69. The van der Waals surface area contributed by atoms with Crippen LogP contribution in [0.15, 0.2) is 182 Å². The van der Waals surface area contributed by atoms with Crippen LogP contribution in [0.5, 0.6) is 0 Å². The van der Waals surface area contributed by atoms with Crippen molar-refractivity contribution < 1.29 is 0 Å². The van der Waals surface area contributed by atoms with Gasteiger partial charge in [-0.05, 0) is 122 Å². The SMILES string of the molecule is CC1(C)c2ccccc2-c2cc(N(c3cccc(-c4ccc5c(c4)c4ccccc4n5-c4ccccc4)c3)c3ccc4c(c3)-c3ccccc3C4(C)C)ccc21. The second-order valence-corrected chi connectivity index (χ2v) is 16.6. The lowest BCUT2D eigenvalue weighted by Gasteiger charge is -2.28. The largest absolute Gasteiger partial charge is 0.310 e. The highest BCUT2D eigenvalue weighted by molar-refractivity contribution is 6.10. The van der Waals surface area contributed by atoms with Gasteiger partial charge >= 0.3 is 0 Å². The van der Waals surface area contributed by atoms with Crippen LogP contribution in [0.25, 0.3) is 60.9 Å². The molecule has 0 amide bonds. The summed E-state index contributed by atoms with van der Waals surface area (Å²) in [5.41, 5.74) is 20.1. The zero-order valence-corrected chi connectivity index (χ0v) is 32.2. The molecule has 0 fully saturated rings. The Morgan fingerprint density at radius 1 is 0.357 bits per heavy atom. The van der Waals surface area contributed by atoms with E-state index in [4.69, 9.17) is 0 Å². The molecule has 56 heavy (non-hydrogen) atoms. The van der Waals surface area contributed by atoms with Gasteiger partial charge in [-0.2, -0.15) is 0 Å². The molecule has 11 rings (SSSR count). The maximum absolute atomic E-state index is 2.46. The Bertz CT molecular complexity index is 2930. The van der Waals surface area contributed by atoms with Crippen LogP contribution in [-0.4, -0.2) is 4.57 Å². The smallest absolute Gasteiger partial charge is 0.0541 e. The van der Waals surface area contributed by atoms with Crippen molar-refractivity contribution >= 4 is 38.9 Å². The van der Waals surface area contributed by atoms with E-state index in [1.807, 2.05) is 0 Å². The van der Waals surface area contributed by atoms with Gasteiger partial charge in [-0.15, -0.1) is 0 Å². The van der Waals surface area contributed by atoms with Crippen molar-refractivity contribution in [3.05, 3.63) is 204 Å². The molecule has 2 heteroatoms. The summed E-state index contributed by atoms with van der Waals surface area (Å²) >= 11 is 0. The summed E-state index contributed by atoms with van der Waals surface area (Å²) in [5.74, 6) is 0. The first-order chi connectivity index (χ1) is 27.3. The molecule has 0 bridgehead atoms. The molecule has 2 nitrogen and oxygen atoms in total. The van der Waals surface area contributed by atoms with Gasteiger partial charge in [-0.1, -0.05) is 143 Å². The summed E-state index contributed by atoms with van der Waals surface area (Å²) < 4.78 is 2.38. The van der Waals surface area contributed by atoms with Crippen LogP contribution in [0.2, 0.25) is 0 Å². The van der Waals surface area contributed by atoms with Crippen molar-refractivity contribution in [2.45, 2.75) is 38.5 Å². The van der Waals surface area contributed by atoms with Crippen molar-refractivity contribution in [2.24, 2.45) is 0 Å². The van der Waals surface area contributed by atoms with Gasteiger partial charge in [0.25, 0.3) is 0 Å². The number of hydrogen-bond acceptors (Lipinski definition) is 1. The summed E-state index contributed by atoms with van der Waals surface area (Å²) in [6.07, 6.45) is 0. The Hall–Kier alpha value is -6.64. The van der Waals surface area contributed by atoms with Gasteiger partial charge in [0.1, 0.15) is 0 Å². The van der Waals surface area contributed by atoms with Crippen molar-refractivity contribution in [1.29, 1.82) is 0 Å². The molecule has 268 valence electrons. The predicted octanol–water partition coefficient (Wildman–Crippen LogP) is 14.5. The maximum atomic E-state index is 2.46. The van der Waals surface area contributed by atoms with Gasteiger partial charge in [0.2, 0.25) is 0 Å². The van der Waals surface area contributed by atoms with Crippen molar-refractivity contribution in [1.82, 2.24) is 4.57 Å². The lowest BCUT2D eigenvalue weighted by molar-refractivity contribution is 0.660. The summed E-state index contributed by atoms with van der Waals surface area (Å²) in [5, 5.41) is 2.51. The van der Waals surface area contributed by atoms with Gasteiger partial charge in [-0.25, -0.2) is 0 Å². The normalized spacial score (nSPS) is 14.4.